The van der Waals surface area contributed by atoms with Crippen molar-refractivity contribution in [3.63, 3.8) is 0 Å². The van der Waals surface area contributed by atoms with E-state index >= 15 is 0 Å². The molecule has 114 valence electrons. The highest BCUT2D eigenvalue weighted by Gasteiger charge is 2.32. The van der Waals surface area contributed by atoms with Gasteiger partial charge in [0.2, 0.25) is 5.75 Å². The van der Waals surface area contributed by atoms with E-state index in [0.717, 1.165) is 0 Å². The number of rotatable bonds is 3. The van der Waals surface area contributed by atoms with Crippen molar-refractivity contribution in [2.75, 3.05) is 6.54 Å². The predicted molar refractivity (Wildman–Crippen MR) is 72.4 cm³/mol. The smallest absolute Gasteiger partial charge is 0.407 e. The molecular formula is C13H16N2O6. The minimum atomic E-state index is -0.825. The molecule has 1 N–H and O–H groups in total. The Balaban J connectivity index is 1.94. The first-order valence-corrected chi connectivity index (χ1v) is 6.34. The van der Waals surface area contributed by atoms with E-state index in [1.54, 1.807) is 26.8 Å². The van der Waals surface area contributed by atoms with Gasteiger partial charge in [0.1, 0.15) is 5.60 Å². The lowest BCUT2D eigenvalue weighted by molar-refractivity contribution is -0.385. The van der Waals surface area contributed by atoms with Crippen molar-refractivity contribution in [1.29, 1.82) is 0 Å². The van der Waals surface area contributed by atoms with Gasteiger partial charge < -0.3 is 19.5 Å². The number of hydrogen-bond acceptors (Lipinski definition) is 6. The Hall–Kier alpha value is -2.51. The first kappa shape index (κ1) is 14.9. The fourth-order valence-electron chi connectivity index (χ4n) is 1.72. The fraction of sp³-hybridized carbons (Fsp3) is 0.462. The van der Waals surface area contributed by atoms with E-state index in [9.17, 15) is 14.9 Å². The summed E-state index contributed by atoms with van der Waals surface area (Å²) in [5.74, 6) is 0.346. The van der Waals surface area contributed by atoms with Crippen molar-refractivity contribution in [2.24, 2.45) is 0 Å². The average molecular weight is 296 g/mol. The lowest BCUT2D eigenvalue weighted by Gasteiger charge is -2.20. The first-order valence-electron chi connectivity index (χ1n) is 6.34. The van der Waals surface area contributed by atoms with Crippen molar-refractivity contribution in [1.82, 2.24) is 5.32 Å². The lowest BCUT2D eigenvalue weighted by atomic mass is 10.2. The molecule has 0 aromatic heterocycles. The van der Waals surface area contributed by atoms with E-state index < -0.39 is 22.9 Å². The van der Waals surface area contributed by atoms with Gasteiger partial charge in [-0.1, -0.05) is 6.07 Å². The van der Waals surface area contributed by atoms with Gasteiger partial charge in [-0.05, 0) is 26.8 Å². The van der Waals surface area contributed by atoms with Gasteiger partial charge in [0.25, 0.3) is 6.29 Å². The molecule has 1 aromatic carbocycles. The molecule has 2 rings (SSSR count). The first-order chi connectivity index (χ1) is 9.76. The summed E-state index contributed by atoms with van der Waals surface area (Å²) in [6.07, 6.45) is -1.44. The number of carbonyl (C=O) groups excluding carboxylic acids is 1. The van der Waals surface area contributed by atoms with Gasteiger partial charge in [-0.25, -0.2) is 4.79 Å². The van der Waals surface area contributed by atoms with Crippen molar-refractivity contribution in [2.45, 2.75) is 32.7 Å². The Morgan fingerprint density at radius 1 is 1.43 bits per heavy atom. The Labute approximate surface area is 121 Å². The second-order valence-electron chi connectivity index (χ2n) is 5.41. The third kappa shape index (κ3) is 3.74. The minimum Gasteiger partial charge on any atom is -0.449 e. The van der Waals surface area contributed by atoms with Crippen LogP contribution in [0.5, 0.6) is 11.5 Å². The predicted octanol–water partition coefficient (Wildman–Crippen LogP) is 2.22. The molecule has 1 atom stereocenters. The fourth-order valence-corrected chi connectivity index (χ4v) is 1.72. The van der Waals surface area contributed by atoms with Gasteiger partial charge in [0.15, 0.2) is 5.75 Å². The third-order valence-electron chi connectivity index (χ3n) is 2.47. The molecular weight excluding hydrogens is 280 g/mol. The highest BCUT2D eigenvalue weighted by atomic mass is 16.7. The Bertz CT molecular complexity index is 566. The minimum absolute atomic E-state index is 0.0146. The van der Waals surface area contributed by atoms with E-state index in [4.69, 9.17) is 14.2 Å². The molecule has 8 nitrogen and oxygen atoms in total. The van der Waals surface area contributed by atoms with E-state index in [0.29, 0.717) is 0 Å². The summed E-state index contributed by atoms with van der Waals surface area (Å²) in [7, 11) is 0. The van der Waals surface area contributed by atoms with Gasteiger partial charge in [-0.15, -0.1) is 0 Å². The number of nitrogens with one attached hydrogen (secondary N) is 1. The van der Waals surface area contributed by atoms with Gasteiger partial charge in [-0.3, -0.25) is 10.1 Å². The number of amides is 1. The van der Waals surface area contributed by atoms with Crippen LogP contribution in [-0.2, 0) is 4.74 Å². The number of benzene rings is 1. The Morgan fingerprint density at radius 2 is 2.14 bits per heavy atom. The quantitative estimate of drug-likeness (QED) is 0.678. The highest BCUT2D eigenvalue weighted by molar-refractivity contribution is 5.67. The maximum absolute atomic E-state index is 11.5. The van der Waals surface area contributed by atoms with Crippen molar-refractivity contribution in [3.8, 4) is 11.5 Å². The van der Waals surface area contributed by atoms with Crippen LogP contribution < -0.4 is 14.8 Å². The molecule has 0 saturated carbocycles. The maximum atomic E-state index is 11.5. The van der Waals surface area contributed by atoms with Crippen LogP contribution in [0.3, 0.4) is 0 Å². The molecule has 0 bridgehead atoms. The van der Waals surface area contributed by atoms with Crippen molar-refractivity contribution in [3.05, 3.63) is 28.3 Å². The van der Waals surface area contributed by atoms with Crippen LogP contribution in [0.15, 0.2) is 18.2 Å². The molecule has 21 heavy (non-hydrogen) atoms. The van der Waals surface area contributed by atoms with Crippen molar-refractivity contribution < 1.29 is 23.9 Å². The molecule has 1 aliphatic heterocycles. The van der Waals surface area contributed by atoms with Crippen LogP contribution in [-0.4, -0.2) is 29.5 Å². The molecule has 1 aliphatic rings. The Kier molecular flexibility index (Phi) is 3.88. The molecule has 1 unspecified atom stereocenters. The second kappa shape index (κ2) is 5.47. The molecule has 0 fully saturated rings. The summed E-state index contributed by atoms with van der Waals surface area (Å²) >= 11 is 0. The van der Waals surface area contributed by atoms with E-state index in [1.165, 1.54) is 12.1 Å². The zero-order valence-corrected chi connectivity index (χ0v) is 11.9. The summed E-state index contributed by atoms with van der Waals surface area (Å²) in [5.41, 5.74) is -0.782. The van der Waals surface area contributed by atoms with Crippen LogP contribution in [0.1, 0.15) is 20.8 Å². The summed E-state index contributed by atoms with van der Waals surface area (Å²) < 4.78 is 15.8. The van der Waals surface area contributed by atoms with Crippen LogP contribution in [0.4, 0.5) is 10.5 Å². The zero-order valence-electron chi connectivity index (χ0n) is 11.9. The molecule has 0 saturated heterocycles. The topological polar surface area (TPSA) is 99.9 Å². The van der Waals surface area contributed by atoms with Crippen molar-refractivity contribution >= 4 is 11.8 Å². The van der Waals surface area contributed by atoms with Crippen LogP contribution in [0.25, 0.3) is 0 Å². The molecule has 1 heterocycles. The van der Waals surface area contributed by atoms with Crippen LogP contribution in [0.2, 0.25) is 0 Å². The number of nitrogens with zero attached hydrogens (tertiary/aromatic N) is 1. The number of nitro groups is 1. The molecule has 0 radical (unpaired) electrons. The number of fused-ring (bicyclic) bond motifs is 1. The summed E-state index contributed by atoms with van der Waals surface area (Å²) in [6.45, 7) is 5.25. The summed E-state index contributed by atoms with van der Waals surface area (Å²) in [5, 5.41) is 13.4. The van der Waals surface area contributed by atoms with Gasteiger partial charge in [0, 0.05) is 6.07 Å². The van der Waals surface area contributed by atoms with Gasteiger partial charge in [-0.2, -0.15) is 0 Å². The largest absolute Gasteiger partial charge is 0.449 e. The Morgan fingerprint density at radius 3 is 2.76 bits per heavy atom. The SMILES string of the molecule is CC(C)(C)OC(=O)NCC1Oc2cccc([N+](=O)[O-])c2O1. The van der Waals surface area contributed by atoms with E-state index in [-0.39, 0.29) is 23.7 Å². The lowest BCUT2D eigenvalue weighted by Crippen LogP contribution is -2.39. The average Bonchev–Trinajstić information content (AvgIpc) is 2.76. The van der Waals surface area contributed by atoms with E-state index in [1.807, 2.05) is 0 Å². The van der Waals surface area contributed by atoms with Crippen LogP contribution in [0, 0.1) is 10.1 Å². The molecule has 0 aliphatic carbocycles. The monoisotopic (exact) mass is 296 g/mol. The zero-order chi connectivity index (χ0) is 15.6. The summed E-state index contributed by atoms with van der Waals surface area (Å²) in [6, 6.07) is 4.39. The number of carbonyl (C=O) groups is 1. The number of ether oxygens (including phenoxy) is 3. The van der Waals surface area contributed by atoms with Gasteiger partial charge in [0.05, 0.1) is 11.5 Å². The number of alkyl carbamates (subject to hydrolysis) is 1. The molecule has 1 amide bonds. The second-order valence-corrected chi connectivity index (χ2v) is 5.41. The van der Waals surface area contributed by atoms with Gasteiger partial charge >= 0.3 is 11.8 Å². The summed E-state index contributed by atoms with van der Waals surface area (Å²) in [4.78, 5) is 21.8. The molecule has 1 aromatic rings. The normalized spacial score (nSPS) is 16.4. The maximum Gasteiger partial charge on any atom is 0.407 e. The number of nitro benzene ring substituents is 1. The van der Waals surface area contributed by atoms with E-state index in [2.05, 4.69) is 5.32 Å². The molecule has 8 heteroatoms. The number of hydrogen-bond donors (Lipinski definition) is 1. The van der Waals surface area contributed by atoms with Crippen LogP contribution >= 0.6 is 0 Å². The molecule has 0 spiro atoms. The third-order valence-corrected chi connectivity index (χ3v) is 2.47. The number of para-hydroxylation sites is 1. The standard InChI is InChI=1S/C13H16N2O6/c1-13(2,3)21-12(16)14-7-10-19-9-6-4-5-8(15(17)18)11(9)20-10/h4-6,10H,7H2,1-3H3,(H,14,16). The highest BCUT2D eigenvalue weighted by Crippen LogP contribution is 2.41.